The second-order valence-corrected chi connectivity index (χ2v) is 6.87. The maximum Gasteiger partial charge on any atom is 0.137 e. The first-order valence-electron chi connectivity index (χ1n) is 9.19. The summed E-state index contributed by atoms with van der Waals surface area (Å²) in [4.78, 5) is 11.9. The summed E-state index contributed by atoms with van der Waals surface area (Å²) < 4.78 is 6.27. The van der Waals surface area contributed by atoms with Crippen LogP contribution >= 0.6 is 0 Å². The van der Waals surface area contributed by atoms with Gasteiger partial charge in [-0.15, -0.1) is 0 Å². The highest BCUT2D eigenvalue weighted by atomic mass is 16.5. The normalized spacial score (nSPS) is 12.5. The van der Waals surface area contributed by atoms with Gasteiger partial charge in [0, 0.05) is 46.2 Å². The van der Waals surface area contributed by atoms with Crippen molar-refractivity contribution in [3.8, 4) is 17.0 Å². The fourth-order valence-corrected chi connectivity index (χ4v) is 3.50. The van der Waals surface area contributed by atoms with Crippen LogP contribution in [0.1, 0.15) is 24.3 Å². The van der Waals surface area contributed by atoms with Gasteiger partial charge in [-0.2, -0.15) is 5.10 Å². The Balaban J connectivity index is 1.50. The summed E-state index contributed by atoms with van der Waals surface area (Å²) >= 11 is 0. The van der Waals surface area contributed by atoms with Crippen LogP contribution in [0.25, 0.3) is 33.2 Å². The topological polar surface area (TPSA) is 79.5 Å². The van der Waals surface area contributed by atoms with E-state index in [4.69, 9.17) is 4.74 Å². The van der Waals surface area contributed by atoms with Crippen LogP contribution in [0.5, 0.6) is 5.75 Å². The van der Waals surface area contributed by atoms with Gasteiger partial charge in [-0.1, -0.05) is 0 Å². The van der Waals surface area contributed by atoms with Crippen LogP contribution in [0, 0.1) is 6.92 Å². The number of fused-ring (bicyclic) bond motifs is 2. The van der Waals surface area contributed by atoms with Crippen molar-refractivity contribution < 1.29 is 4.74 Å². The fraction of sp³-hybridized carbons (Fsp3) is 0.136. The number of nitrogens with zero attached hydrogens (tertiary/aromatic N) is 3. The van der Waals surface area contributed by atoms with Crippen LogP contribution in [0.2, 0.25) is 0 Å². The number of aromatic amines is 2. The van der Waals surface area contributed by atoms with Crippen LogP contribution < -0.4 is 4.74 Å². The first-order valence-corrected chi connectivity index (χ1v) is 9.19. The molecule has 5 aromatic rings. The van der Waals surface area contributed by atoms with Crippen molar-refractivity contribution in [1.82, 2.24) is 25.1 Å². The lowest BCUT2D eigenvalue weighted by atomic mass is 10.1. The van der Waals surface area contributed by atoms with E-state index >= 15 is 0 Å². The Morgan fingerprint density at radius 1 is 1.00 bits per heavy atom. The summed E-state index contributed by atoms with van der Waals surface area (Å²) in [5.74, 6) is 0.795. The van der Waals surface area contributed by atoms with Crippen molar-refractivity contribution >= 4 is 21.9 Å². The van der Waals surface area contributed by atoms with Gasteiger partial charge in [0.05, 0.1) is 5.52 Å². The standard InChI is InChI=1S/C22H19N5O/c1-13-3-4-15(12-25-13)21-19-11-16(5-6-20(19)26-27-21)28-14(2)17-7-9-23-22-18(17)8-10-24-22/h3-12,14H,1-2H3,(H,23,24)(H,26,27)/t14-/m1/s1. The Hall–Kier alpha value is -3.67. The summed E-state index contributed by atoms with van der Waals surface area (Å²) in [7, 11) is 0. The lowest BCUT2D eigenvalue weighted by Crippen LogP contribution is -2.03. The molecule has 0 aliphatic carbocycles. The maximum absolute atomic E-state index is 6.27. The van der Waals surface area contributed by atoms with Gasteiger partial charge in [-0.05, 0) is 56.3 Å². The van der Waals surface area contributed by atoms with E-state index < -0.39 is 0 Å². The van der Waals surface area contributed by atoms with Crippen LogP contribution in [0.4, 0.5) is 0 Å². The van der Waals surface area contributed by atoms with Crippen molar-refractivity contribution in [1.29, 1.82) is 0 Å². The molecule has 0 spiro atoms. The monoisotopic (exact) mass is 369 g/mol. The van der Waals surface area contributed by atoms with Gasteiger partial charge in [0.15, 0.2) is 0 Å². The SMILES string of the molecule is Cc1ccc(-c2n[nH]c3ccc(O[C@H](C)c4ccnc5[nH]ccc45)cc23)cn1. The first-order chi connectivity index (χ1) is 13.7. The number of nitrogens with one attached hydrogen (secondary N) is 2. The number of hydrogen-bond acceptors (Lipinski definition) is 4. The minimum atomic E-state index is -0.116. The molecule has 0 bridgehead atoms. The van der Waals surface area contributed by atoms with E-state index in [9.17, 15) is 0 Å². The predicted molar refractivity (Wildman–Crippen MR) is 109 cm³/mol. The molecule has 0 aliphatic rings. The zero-order valence-corrected chi connectivity index (χ0v) is 15.6. The number of pyridine rings is 2. The summed E-state index contributed by atoms with van der Waals surface area (Å²) in [5.41, 5.74) is 5.76. The molecule has 4 heterocycles. The molecule has 0 saturated heterocycles. The summed E-state index contributed by atoms with van der Waals surface area (Å²) in [6.45, 7) is 4.02. The minimum Gasteiger partial charge on any atom is -0.486 e. The molecular formula is C22H19N5O. The van der Waals surface area contributed by atoms with Crippen molar-refractivity contribution in [2.75, 3.05) is 0 Å². The zero-order chi connectivity index (χ0) is 19.1. The predicted octanol–water partition coefficient (Wildman–Crippen LogP) is 4.95. The second kappa shape index (κ2) is 6.49. The number of H-pyrrole nitrogens is 2. The zero-order valence-electron chi connectivity index (χ0n) is 15.6. The third-order valence-electron chi connectivity index (χ3n) is 4.96. The lowest BCUT2D eigenvalue weighted by Gasteiger charge is -2.16. The van der Waals surface area contributed by atoms with Gasteiger partial charge in [0.2, 0.25) is 0 Å². The summed E-state index contributed by atoms with van der Waals surface area (Å²) in [6, 6.07) is 14.0. The van der Waals surface area contributed by atoms with E-state index in [0.717, 1.165) is 50.2 Å². The number of ether oxygens (including phenoxy) is 1. The first kappa shape index (κ1) is 16.5. The largest absolute Gasteiger partial charge is 0.486 e. The van der Waals surface area contributed by atoms with Crippen molar-refractivity contribution in [3.05, 3.63) is 72.3 Å². The van der Waals surface area contributed by atoms with Crippen molar-refractivity contribution in [2.45, 2.75) is 20.0 Å². The Morgan fingerprint density at radius 2 is 1.93 bits per heavy atom. The molecule has 6 heteroatoms. The van der Waals surface area contributed by atoms with Gasteiger partial charge >= 0.3 is 0 Å². The van der Waals surface area contributed by atoms with Crippen molar-refractivity contribution in [3.63, 3.8) is 0 Å². The smallest absolute Gasteiger partial charge is 0.137 e. The Bertz CT molecular complexity index is 1270. The number of aryl methyl sites for hydroxylation is 1. The van der Waals surface area contributed by atoms with Gasteiger partial charge in [0.25, 0.3) is 0 Å². The molecule has 6 nitrogen and oxygen atoms in total. The molecule has 1 atom stereocenters. The van der Waals surface area contributed by atoms with E-state index in [1.54, 1.807) is 6.20 Å². The van der Waals surface area contributed by atoms with Gasteiger partial charge in [0.1, 0.15) is 23.2 Å². The average Bonchev–Trinajstić information content (AvgIpc) is 3.35. The molecule has 138 valence electrons. The summed E-state index contributed by atoms with van der Waals surface area (Å²) in [5, 5.41) is 9.65. The maximum atomic E-state index is 6.27. The molecule has 0 saturated carbocycles. The molecule has 28 heavy (non-hydrogen) atoms. The summed E-state index contributed by atoms with van der Waals surface area (Å²) in [6.07, 6.45) is 5.43. The van der Waals surface area contributed by atoms with Crippen molar-refractivity contribution in [2.24, 2.45) is 0 Å². The molecule has 4 aromatic heterocycles. The molecule has 0 unspecified atom stereocenters. The number of benzene rings is 1. The molecule has 0 radical (unpaired) electrons. The third kappa shape index (κ3) is 2.79. The van der Waals surface area contributed by atoms with E-state index in [1.165, 1.54) is 0 Å². The molecule has 2 N–H and O–H groups in total. The average molecular weight is 369 g/mol. The van der Waals surface area contributed by atoms with Crippen LogP contribution in [-0.2, 0) is 0 Å². The van der Waals surface area contributed by atoms with Gasteiger partial charge in [-0.25, -0.2) is 4.98 Å². The van der Waals surface area contributed by atoms with Crippen LogP contribution in [0.3, 0.4) is 0 Å². The van der Waals surface area contributed by atoms with Crippen LogP contribution in [-0.4, -0.2) is 25.1 Å². The van der Waals surface area contributed by atoms with Gasteiger partial charge in [-0.3, -0.25) is 10.1 Å². The van der Waals surface area contributed by atoms with E-state index in [1.807, 2.05) is 68.7 Å². The molecular weight excluding hydrogens is 350 g/mol. The van der Waals surface area contributed by atoms with E-state index in [-0.39, 0.29) is 6.10 Å². The highest BCUT2D eigenvalue weighted by Gasteiger charge is 2.14. The highest BCUT2D eigenvalue weighted by molar-refractivity contribution is 5.93. The Labute approximate surface area is 161 Å². The van der Waals surface area contributed by atoms with Gasteiger partial charge < -0.3 is 9.72 Å². The molecule has 0 aliphatic heterocycles. The second-order valence-electron chi connectivity index (χ2n) is 6.87. The van der Waals surface area contributed by atoms with E-state index in [0.29, 0.717) is 0 Å². The molecule has 0 amide bonds. The number of hydrogen-bond donors (Lipinski definition) is 2. The molecule has 0 fully saturated rings. The fourth-order valence-electron chi connectivity index (χ4n) is 3.50. The van der Waals surface area contributed by atoms with E-state index in [2.05, 4.69) is 25.1 Å². The number of rotatable bonds is 4. The highest BCUT2D eigenvalue weighted by Crippen LogP contribution is 2.32. The Morgan fingerprint density at radius 3 is 2.79 bits per heavy atom. The quantitative estimate of drug-likeness (QED) is 0.470. The molecule has 1 aromatic carbocycles. The number of aromatic nitrogens is 5. The Kier molecular flexibility index (Phi) is 3.83. The lowest BCUT2D eigenvalue weighted by molar-refractivity contribution is 0.229. The minimum absolute atomic E-state index is 0.116. The van der Waals surface area contributed by atoms with Crippen LogP contribution in [0.15, 0.2) is 61.1 Å². The molecule has 5 rings (SSSR count). The third-order valence-corrected chi connectivity index (χ3v) is 4.96.